The van der Waals surface area contributed by atoms with E-state index in [4.69, 9.17) is 0 Å². The average Bonchev–Trinajstić information content (AvgIpc) is 3.03. The van der Waals surface area contributed by atoms with Crippen molar-refractivity contribution in [3.63, 3.8) is 0 Å². The highest BCUT2D eigenvalue weighted by Gasteiger charge is 2.34. The molecule has 1 aromatic rings. The first-order valence-corrected chi connectivity index (χ1v) is 9.48. The van der Waals surface area contributed by atoms with Crippen LogP contribution in [0.2, 0.25) is 0 Å². The second-order valence-corrected chi connectivity index (χ2v) is 6.60. The van der Waals surface area contributed by atoms with Crippen molar-refractivity contribution in [1.82, 2.24) is 10.2 Å². The Labute approximate surface area is 151 Å². The molecule has 1 aliphatic rings. The summed E-state index contributed by atoms with van der Waals surface area (Å²) in [5.41, 5.74) is 2.14. The third kappa shape index (κ3) is 5.30. The Balaban J connectivity index is 1.81. The highest BCUT2D eigenvalue weighted by molar-refractivity contribution is 6.00. The largest absolute Gasteiger partial charge is 0.356 e. The van der Waals surface area contributed by atoms with Crippen LogP contribution in [0.25, 0.3) is 0 Å². The van der Waals surface area contributed by atoms with Crippen LogP contribution in [-0.2, 0) is 16.0 Å². The summed E-state index contributed by atoms with van der Waals surface area (Å²) in [6, 6.07) is 8.04. The van der Waals surface area contributed by atoms with Crippen molar-refractivity contribution in [3.8, 4) is 0 Å². The van der Waals surface area contributed by atoms with Crippen LogP contribution < -0.4 is 10.2 Å². The Kier molecular flexibility index (Phi) is 7.44. The van der Waals surface area contributed by atoms with E-state index in [2.05, 4.69) is 31.0 Å². The standard InChI is InChI=1S/C20H31N3O2/c1-4-16-8-10-18(11-9-16)23-15-17(14-19(23)24)20(25)21-12-7-13-22(5-2)6-3/h8-11,17H,4-7,12-15H2,1-3H3,(H,21,25). The van der Waals surface area contributed by atoms with Crippen molar-refractivity contribution in [1.29, 1.82) is 0 Å². The molecule has 0 saturated carbocycles. The molecule has 1 saturated heterocycles. The number of anilines is 1. The number of amides is 2. The second-order valence-electron chi connectivity index (χ2n) is 6.60. The third-order valence-electron chi connectivity index (χ3n) is 5.00. The van der Waals surface area contributed by atoms with E-state index in [0.717, 1.165) is 38.2 Å². The smallest absolute Gasteiger partial charge is 0.227 e. The van der Waals surface area contributed by atoms with Gasteiger partial charge in [-0.15, -0.1) is 0 Å². The molecule has 1 atom stereocenters. The molecule has 25 heavy (non-hydrogen) atoms. The molecule has 5 heteroatoms. The summed E-state index contributed by atoms with van der Waals surface area (Å²) in [6.45, 7) is 10.6. The van der Waals surface area contributed by atoms with E-state index in [1.165, 1.54) is 5.56 Å². The summed E-state index contributed by atoms with van der Waals surface area (Å²) < 4.78 is 0. The minimum Gasteiger partial charge on any atom is -0.356 e. The molecular weight excluding hydrogens is 314 g/mol. The van der Waals surface area contributed by atoms with Gasteiger partial charge in [0.1, 0.15) is 0 Å². The predicted octanol–water partition coefficient (Wildman–Crippen LogP) is 2.45. The number of aryl methyl sites for hydroxylation is 1. The summed E-state index contributed by atoms with van der Waals surface area (Å²) in [6.07, 6.45) is 2.22. The summed E-state index contributed by atoms with van der Waals surface area (Å²) in [5, 5.41) is 2.99. The van der Waals surface area contributed by atoms with Gasteiger partial charge in [0.05, 0.1) is 5.92 Å². The first kappa shape index (κ1) is 19.4. The van der Waals surface area contributed by atoms with Gasteiger partial charge in [-0.3, -0.25) is 9.59 Å². The summed E-state index contributed by atoms with van der Waals surface area (Å²) in [4.78, 5) is 28.7. The first-order valence-electron chi connectivity index (χ1n) is 9.48. The minimum absolute atomic E-state index is 0.000533. The molecule has 0 radical (unpaired) electrons. The molecule has 1 heterocycles. The normalized spacial score (nSPS) is 17.4. The average molecular weight is 345 g/mol. The molecule has 1 fully saturated rings. The SMILES string of the molecule is CCc1ccc(N2CC(C(=O)NCCCN(CC)CC)CC2=O)cc1. The number of hydrogen-bond acceptors (Lipinski definition) is 3. The first-order chi connectivity index (χ1) is 12.1. The molecule has 0 aliphatic carbocycles. The Morgan fingerprint density at radius 1 is 1.20 bits per heavy atom. The van der Waals surface area contributed by atoms with Gasteiger partial charge >= 0.3 is 0 Å². The molecule has 2 rings (SSSR count). The fraction of sp³-hybridized carbons (Fsp3) is 0.600. The summed E-state index contributed by atoms with van der Waals surface area (Å²) in [5.74, 6) is -0.208. The maximum absolute atomic E-state index is 12.3. The Morgan fingerprint density at radius 3 is 2.48 bits per heavy atom. The van der Waals surface area contributed by atoms with E-state index < -0.39 is 0 Å². The van der Waals surface area contributed by atoms with Crippen LogP contribution in [0, 0.1) is 5.92 Å². The second kappa shape index (κ2) is 9.56. The zero-order chi connectivity index (χ0) is 18.2. The molecule has 1 N–H and O–H groups in total. The van der Waals surface area contributed by atoms with Gasteiger partial charge in [-0.1, -0.05) is 32.9 Å². The molecule has 138 valence electrons. The van der Waals surface area contributed by atoms with Crippen molar-refractivity contribution in [2.24, 2.45) is 5.92 Å². The van der Waals surface area contributed by atoms with Gasteiger partial charge < -0.3 is 15.1 Å². The molecule has 1 unspecified atom stereocenters. The lowest BCUT2D eigenvalue weighted by molar-refractivity contribution is -0.126. The monoisotopic (exact) mass is 345 g/mol. The number of carbonyl (C=O) groups is 2. The fourth-order valence-corrected chi connectivity index (χ4v) is 3.24. The van der Waals surface area contributed by atoms with E-state index in [1.54, 1.807) is 4.90 Å². The van der Waals surface area contributed by atoms with E-state index in [9.17, 15) is 9.59 Å². The van der Waals surface area contributed by atoms with E-state index in [-0.39, 0.29) is 17.7 Å². The highest BCUT2D eigenvalue weighted by Crippen LogP contribution is 2.25. The molecule has 5 nitrogen and oxygen atoms in total. The summed E-state index contributed by atoms with van der Waals surface area (Å²) >= 11 is 0. The van der Waals surface area contributed by atoms with Gasteiger partial charge in [-0.2, -0.15) is 0 Å². The lowest BCUT2D eigenvalue weighted by Gasteiger charge is -2.18. The van der Waals surface area contributed by atoms with Gasteiger partial charge in [-0.05, 0) is 50.2 Å². The van der Waals surface area contributed by atoms with Gasteiger partial charge in [0.15, 0.2) is 0 Å². The predicted molar refractivity (Wildman–Crippen MR) is 102 cm³/mol. The van der Waals surface area contributed by atoms with Crippen LogP contribution in [0.4, 0.5) is 5.69 Å². The van der Waals surface area contributed by atoms with E-state index in [1.807, 2.05) is 24.3 Å². The van der Waals surface area contributed by atoms with Crippen LogP contribution in [0.1, 0.15) is 39.2 Å². The molecule has 1 aromatic carbocycles. The van der Waals surface area contributed by atoms with Crippen LogP contribution in [-0.4, -0.2) is 49.4 Å². The van der Waals surface area contributed by atoms with Crippen molar-refractivity contribution in [3.05, 3.63) is 29.8 Å². The molecule has 2 amide bonds. The lowest BCUT2D eigenvalue weighted by atomic mass is 10.1. The van der Waals surface area contributed by atoms with E-state index >= 15 is 0 Å². The Hall–Kier alpha value is -1.88. The maximum Gasteiger partial charge on any atom is 0.227 e. The molecule has 0 aromatic heterocycles. The number of rotatable bonds is 9. The van der Waals surface area contributed by atoms with Crippen LogP contribution in [0.15, 0.2) is 24.3 Å². The minimum atomic E-state index is -0.244. The quantitative estimate of drug-likeness (QED) is 0.700. The van der Waals surface area contributed by atoms with Crippen molar-refractivity contribution in [2.45, 2.75) is 40.0 Å². The Bertz CT molecular complexity index is 567. The van der Waals surface area contributed by atoms with Gasteiger partial charge in [0.2, 0.25) is 11.8 Å². The van der Waals surface area contributed by atoms with Crippen molar-refractivity contribution in [2.75, 3.05) is 37.6 Å². The molecular formula is C20H31N3O2. The number of benzene rings is 1. The summed E-state index contributed by atoms with van der Waals surface area (Å²) in [7, 11) is 0. The number of nitrogens with zero attached hydrogens (tertiary/aromatic N) is 2. The van der Waals surface area contributed by atoms with Gasteiger partial charge in [0.25, 0.3) is 0 Å². The van der Waals surface area contributed by atoms with Crippen molar-refractivity contribution >= 4 is 17.5 Å². The van der Waals surface area contributed by atoms with Crippen molar-refractivity contribution < 1.29 is 9.59 Å². The van der Waals surface area contributed by atoms with E-state index in [0.29, 0.717) is 19.5 Å². The zero-order valence-electron chi connectivity index (χ0n) is 15.8. The highest BCUT2D eigenvalue weighted by atomic mass is 16.2. The van der Waals surface area contributed by atoms with Crippen LogP contribution >= 0.6 is 0 Å². The number of hydrogen-bond donors (Lipinski definition) is 1. The maximum atomic E-state index is 12.3. The Morgan fingerprint density at radius 2 is 1.88 bits per heavy atom. The fourth-order valence-electron chi connectivity index (χ4n) is 3.24. The lowest BCUT2D eigenvalue weighted by Crippen LogP contribution is -2.35. The molecule has 0 spiro atoms. The zero-order valence-corrected chi connectivity index (χ0v) is 15.8. The van der Waals surface area contributed by atoms with Gasteiger partial charge in [-0.25, -0.2) is 0 Å². The van der Waals surface area contributed by atoms with Crippen LogP contribution in [0.5, 0.6) is 0 Å². The number of carbonyl (C=O) groups excluding carboxylic acids is 2. The topological polar surface area (TPSA) is 52.7 Å². The number of nitrogens with one attached hydrogen (secondary N) is 1. The molecule has 0 bridgehead atoms. The molecule has 1 aliphatic heterocycles. The van der Waals surface area contributed by atoms with Gasteiger partial charge in [0, 0.05) is 25.2 Å². The van der Waals surface area contributed by atoms with Crippen LogP contribution in [0.3, 0.4) is 0 Å². The third-order valence-corrected chi connectivity index (χ3v) is 5.00.